The maximum absolute atomic E-state index is 10.0. The van der Waals surface area contributed by atoms with E-state index in [0.29, 0.717) is 12.3 Å². The second-order valence-corrected chi connectivity index (χ2v) is 5.15. The van der Waals surface area contributed by atoms with Crippen molar-refractivity contribution in [3.05, 3.63) is 53.6 Å². The average Bonchev–Trinajstić information content (AvgIpc) is 2.50. The van der Waals surface area contributed by atoms with Crippen LogP contribution >= 0.6 is 0 Å². The number of hydrogen-bond donors (Lipinski definition) is 1. The van der Waals surface area contributed by atoms with E-state index in [1.807, 2.05) is 6.07 Å². The van der Waals surface area contributed by atoms with Gasteiger partial charge in [0.1, 0.15) is 11.5 Å². The van der Waals surface area contributed by atoms with Crippen molar-refractivity contribution in [1.29, 1.82) is 0 Å². The third kappa shape index (κ3) is 2.44. The van der Waals surface area contributed by atoms with E-state index < -0.39 is 0 Å². The van der Waals surface area contributed by atoms with Crippen molar-refractivity contribution in [2.45, 2.75) is 19.4 Å². The summed E-state index contributed by atoms with van der Waals surface area (Å²) in [6, 6.07) is 13.9. The van der Waals surface area contributed by atoms with Crippen LogP contribution in [0.2, 0.25) is 0 Å². The largest absolute Gasteiger partial charge is 0.508 e. The van der Waals surface area contributed by atoms with Crippen LogP contribution in [0, 0.1) is 0 Å². The Morgan fingerprint density at radius 1 is 1.20 bits per heavy atom. The van der Waals surface area contributed by atoms with Gasteiger partial charge in [-0.3, -0.25) is 0 Å². The van der Waals surface area contributed by atoms with Crippen LogP contribution in [0.25, 0.3) is 0 Å². The van der Waals surface area contributed by atoms with Crippen LogP contribution in [-0.4, -0.2) is 18.8 Å². The van der Waals surface area contributed by atoms with Gasteiger partial charge in [0, 0.05) is 24.3 Å². The molecule has 20 heavy (non-hydrogen) atoms. The summed E-state index contributed by atoms with van der Waals surface area (Å²) in [6.07, 6.45) is 2.29. The van der Waals surface area contributed by atoms with E-state index in [4.69, 9.17) is 4.74 Å². The van der Waals surface area contributed by atoms with Crippen LogP contribution in [0.1, 0.15) is 17.5 Å². The molecule has 1 N–H and O–H groups in total. The Hall–Kier alpha value is -2.16. The van der Waals surface area contributed by atoms with Crippen molar-refractivity contribution in [1.82, 2.24) is 0 Å². The molecule has 1 heterocycles. The summed E-state index contributed by atoms with van der Waals surface area (Å²) >= 11 is 0. The lowest BCUT2D eigenvalue weighted by Gasteiger charge is -2.31. The number of phenols is 1. The lowest BCUT2D eigenvalue weighted by atomic mass is 10.0. The van der Waals surface area contributed by atoms with Crippen LogP contribution in [0.15, 0.2) is 42.5 Å². The lowest BCUT2D eigenvalue weighted by Crippen LogP contribution is -2.28. The molecule has 0 fully saturated rings. The fraction of sp³-hybridized carbons (Fsp3) is 0.294. The molecule has 3 rings (SSSR count). The van der Waals surface area contributed by atoms with Crippen LogP contribution in [0.3, 0.4) is 0 Å². The van der Waals surface area contributed by atoms with Crippen molar-refractivity contribution < 1.29 is 9.84 Å². The van der Waals surface area contributed by atoms with Crippen LogP contribution in [0.4, 0.5) is 5.69 Å². The van der Waals surface area contributed by atoms with E-state index >= 15 is 0 Å². The van der Waals surface area contributed by atoms with Gasteiger partial charge < -0.3 is 14.7 Å². The van der Waals surface area contributed by atoms with Gasteiger partial charge in [0.2, 0.25) is 0 Å². The van der Waals surface area contributed by atoms with E-state index in [1.165, 1.54) is 11.3 Å². The number of benzene rings is 2. The minimum absolute atomic E-state index is 0.328. The lowest BCUT2D eigenvalue weighted by molar-refractivity contribution is 0.410. The first-order valence-corrected chi connectivity index (χ1v) is 6.96. The van der Waals surface area contributed by atoms with Gasteiger partial charge in [-0.15, -0.1) is 0 Å². The monoisotopic (exact) mass is 269 g/mol. The molecular weight excluding hydrogens is 250 g/mol. The molecule has 1 aliphatic heterocycles. The summed E-state index contributed by atoms with van der Waals surface area (Å²) in [5, 5.41) is 10.0. The Morgan fingerprint density at radius 3 is 2.90 bits per heavy atom. The molecule has 104 valence electrons. The topological polar surface area (TPSA) is 32.7 Å². The van der Waals surface area contributed by atoms with E-state index in [1.54, 1.807) is 19.2 Å². The van der Waals surface area contributed by atoms with Gasteiger partial charge in [0.15, 0.2) is 0 Å². The molecule has 0 unspecified atom stereocenters. The van der Waals surface area contributed by atoms with E-state index in [2.05, 4.69) is 29.2 Å². The molecule has 0 aromatic heterocycles. The molecule has 0 saturated carbocycles. The summed E-state index contributed by atoms with van der Waals surface area (Å²) < 4.78 is 5.24. The summed E-state index contributed by atoms with van der Waals surface area (Å²) in [7, 11) is 1.65. The van der Waals surface area contributed by atoms with Crippen molar-refractivity contribution >= 4 is 5.69 Å². The van der Waals surface area contributed by atoms with Crippen LogP contribution in [0.5, 0.6) is 11.5 Å². The molecule has 0 atom stereocenters. The second-order valence-electron chi connectivity index (χ2n) is 5.15. The molecular formula is C17H19NO2. The Kier molecular flexibility index (Phi) is 3.50. The molecule has 2 aromatic carbocycles. The molecule has 3 heteroatoms. The normalized spacial score (nSPS) is 13.9. The van der Waals surface area contributed by atoms with Gasteiger partial charge in [0.25, 0.3) is 0 Å². The van der Waals surface area contributed by atoms with Gasteiger partial charge in [-0.25, -0.2) is 0 Å². The van der Waals surface area contributed by atoms with Gasteiger partial charge in [-0.2, -0.15) is 0 Å². The predicted molar refractivity (Wildman–Crippen MR) is 80.5 cm³/mol. The third-order valence-corrected chi connectivity index (χ3v) is 3.85. The Morgan fingerprint density at radius 2 is 2.05 bits per heavy atom. The van der Waals surface area contributed by atoms with Gasteiger partial charge >= 0.3 is 0 Å². The molecule has 2 aromatic rings. The number of phenolic OH excluding ortho intramolecular Hbond substituents is 1. The fourth-order valence-electron chi connectivity index (χ4n) is 2.80. The number of para-hydroxylation sites is 1. The fourth-order valence-corrected chi connectivity index (χ4v) is 2.80. The van der Waals surface area contributed by atoms with Gasteiger partial charge in [-0.05, 0) is 42.7 Å². The smallest absolute Gasteiger partial charge is 0.120 e. The summed E-state index contributed by atoms with van der Waals surface area (Å²) in [6.45, 7) is 1.73. The highest BCUT2D eigenvalue weighted by atomic mass is 16.5. The number of fused-ring (bicyclic) bond motifs is 1. The van der Waals surface area contributed by atoms with Crippen molar-refractivity contribution in [2.75, 3.05) is 18.6 Å². The van der Waals surface area contributed by atoms with Crippen molar-refractivity contribution in [2.24, 2.45) is 0 Å². The third-order valence-electron chi connectivity index (χ3n) is 3.85. The quantitative estimate of drug-likeness (QED) is 0.927. The van der Waals surface area contributed by atoms with E-state index in [-0.39, 0.29) is 0 Å². The summed E-state index contributed by atoms with van der Waals surface area (Å²) in [5.41, 5.74) is 3.57. The predicted octanol–water partition coefficient (Wildman–Crippen LogP) is 3.35. The number of ether oxygens (including phenoxy) is 1. The molecule has 3 nitrogen and oxygen atoms in total. The van der Waals surface area contributed by atoms with E-state index in [0.717, 1.165) is 30.7 Å². The zero-order valence-corrected chi connectivity index (χ0v) is 11.7. The summed E-state index contributed by atoms with van der Waals surface area (Å²) in [5.74, 6) is 1.11. The van der Waals surface area contributed by atoms with Crippen molar-refractivity contribution in [3.63, 3.8) is 0 Å². The molecule has 0 saturated heterocycles. The first-order valence-electron chi connectivity index (χ1n) is 6.96. The molecule has 0 aliphatic carbocycles. The second kappa shape index (κ2) is 5.45. The van der Waals surface area contributed by atoms with Crippen LogP contribution in [-0.2, 0) is 13.0 Å². The number of hydrogen-bond acceptors (Lipinski definition) is 3. The highest BCUT2D eigenvalue weighted by molar-refractivity contribution is 5.56. The van der Waals surface area contributed by atoms with Gasteiger partial charge in [0.05, 0.1) is 7.11 Å². The number of methoxy groups -OCH3 is 1. The number of anilines is 1. The maximum Gasteiger partial charge on any atom is 0.120 e. The number of rotatable bonds is 3. The highest BCUT2D eigenvalue weighted by Crippen LogP contribution is 2.31. The SMILES string of the molecule is COc1ccc(O)c(CN2CCCc3ccccc32)c1. The Labute approximate surface area is 119 Å². The molecule has 0 radical (unpaired) electrons. The van der Waals surface area contributed by atoms with E-state index in [9.17, 15) is 5.11 Å². The number of nitrogens with zero attached hydrogens (tertiary/aromatic N) is 1. The first kappa shape index (κ1) is 12.9. The Balaban J connectivity index is 1.89. The van der Waals surface area contributed by atoms with Crippen LogP contribution < -0.4 is 9.64 Å². The standard InChI is InChI=1S/C17H19NO2/c1-20-15-8-9-17(19)14(11-15)12-18-10-4-6-13-5-2-3-7-16(13)18/h2-3,5,7-9,11,19H,4,6,10,12H2,1H3. The average molecular weight is 269 g/mol. The molecule has 1 aliphatic rings. The number of aromatic hydroxyl groups is 1. The number of aryl methyl sites for hydroxylation is 1. The van der Waals surface area contributed by atoms with Crippen molar-refractivity contribution in [3.8, 4) is 11.5 Å². The molecule has 0 spiro atoms. The maximum atomic E-state index is 10.0. The zero-order chi connectivity index (χ0) is 13.9. The highest BCUT2D eigenvalue weighted by Gasteiger charge is 2.17. The van der Waals surface area contributed by atoms with Gasteiger partial charge in [-0.1, -0.05) is 18.2 Å². The first-order chi connectivity index (χ1) is 9.78. The zero-order valence-electron chi connectivity index (χ0n) is 11.7. The molecule has 0 bridgehead atoms. The molecule has 0 amide bonds. The minimum Gasteiger partial charge on any atom is -0.508 e. The Bertz CT molecular complexity index is 610. The summed E-state index contributed by atoms with van der Waals surface area (Å²) in [4.78, 5) is 2.33. The minimum atomic E-state index is 0.328.